The van der Waals surface area contributed by atoms with Crippen molar-refractivity contribution in [3.8, 4) is 0 Å². The van der Waals surface area contributed by atoms with Crippen molar-refractivity contribution in [1.29, 1.82) is 0 Å². The van der Waals surface area contributed by atoms with Crippen molar-refractivity contribution < 1.29 is 8.42 Å². The van der Waals surface area contributed by atoms with E-state index in [0.717, 1.165) is 25.8 Å². The lowest BCUT2D eigenvalue weighted by Gasteiger charge is -2.17. The van der Waals surface area contributed by atoms with E-state index in [-0.39, 0.29) is 0 Å². The molecule has 0 fully saturated rings. The van der Waals surface area contributed by atoms with Crippen LogP contribution in [-0.2, 0) is 23.0 Å². The fraction of sp³-hybridized carbons (Fsp3) is 0.400. The van der Waals surface area contributed by atoms with Gasteiger partial charge in [0.05, 0.1) is 6.26 Å². The van der Waals surface area contributed by atoms with E-state index in [1.807, 2.05) is 12.1 Å². The van der Waals surface area contributed by atoms with Crippen LogP contribution in [0.1, 0.15) is 11.1 Å². The maximum Gasteiger partial charge on any atom is 0.229 e. The summed E-state index contributed by atoms with van der Waals surface area (Å²) in [6.45, 7) is 1.82. The Morgan fingerprint density at radius 1 is 1.33 bits per heavy atom. The lowest BCUT2D eigenvalue weighted by Crippen LogP contribution is -2.23. The third-order valence-electron chi connectivity index (χ3n) is 2.40. The summed E-state index contributed by atoms with van der Waals surface area (Å²) >= 11 is 0. The highest BCUT2D eigenvalue weighted by molar-refractivity contribution is 7.92. The van der Waals surface area contributed by atoms with Gasteiger partial charge in [0.2, 0.25) is 10.0 Å². The average Bonchev–Trinajstić information content (AvgIpc) is 2.15. The van der Waals surface area contributed by atoms with Crippen LogP contribution in [0.15, 0.2) is 18.2 Å². The molecule has 82 valence electrons. The number of hydrogen-bond acceptors (Lipinski definition) is 3. The van der Waals surface area contributed by atoms with Gasteiger partial charge in [-0.1, -0.05) is 6.07 Å². The van der Waals surface area contributed by atoms with Crippen molar-refractivity contribution in [3.63, 3.8) is 0 Å². The molecule has 0 unspecified atom stereocenters. The first-order valence-corrected chi connectivity index (χ1v) is 6.74. The summed E-state index contributed by atoms with van der Waals surface area (Å²) in [4.78, 5) is 0. The molecular formula is C10H14N2O2S. The highest BCUT2D eigenvalue weighted by Crippen LogP contribution is 2.19. The Morgan fingerprint density at radius 3 is 2.87 bits per heavy atom. The van der Waals surface area contributed by atoms with Gasteiger partial charge in [-0.05, 0) is 36.2 Å². The summed E-state index contributed by atoms with van der Waals surface area (Å²) in [6.07, 6.45) is 2.11. The summed E-state index contributed by atoms with van der Waals surface area (Å²) < 4.78 is 24.6. The molecule has 0 aromatic heterocycles. The normalized spacial score (nSPS) is 15.8. The first-order valence-electron chi connectivity index (χ1n) is 4.85. The van der Waals surface area contributed by atoms with Crippen LogP contribution in [0.3, 0.4) is 0 Å². The summed E-state index contributed by atoms with van der Waals surface area (Å²) in [5, 5.41) is 3.27. The van der Waals surface area contributed by atoms with E-state index in [2.05, 4.69) is 10.0 Å². The van der Waals surface area contributed by atoms with E-state index >= 15 is 0 Å². The standard InChI is InChI=1S/C10H14N2O2S/c1-15(13,14)12-10-3-2-9-7-11-5-4-8(9)6-10/h2-3,6,11-12H,4-5,7H2,1H3. The molecule has 5 heteroatoms. The van der Waals surface area contributed by atoms with Crippen molar-refractivity contribution in [2.24, 2.45) is 0 Å². The van der Waals surface area contributed by atoms with Crippen LogP contribution >= 0.6 is 0 Å². The first kappa shape index (κ1) is 10.4. The van der Waals surface area contributed by atoms with Crippen LogP contribution in [0.5, 0.6) is 0 Å². The molecule has 0 amide bonds. The zero-order valence-electron chi connectivity index (χ0n) is 8.58. The van der Waals surface area contributed by atoms with Gasteiger partial charge in [0.25, 0.3) is 0 Å². The Hall–Kier alpha value is -1.07. The molecule has 1 aromatic carbocycles. The van der Waals surface area contributed by atoms with Crippen LogP contribution in [-0.4, -0.2) is 21.2 Å². The van der Waals surface area contributed by atoms with E-state index in [0.29, 0.717) is 5.69 Å². The molecular weight excluding hydrogens is 212 g/mol. The van der Waals surface area contributed by atoms with Crippen LogP contribution in [0.25, 0.3) is 0 Å². The van der Waals surface area contributed by atoms with Crippen LogP contribution < -0.4 is 10.0 Å². The van der Waals surface area contributed by atoms with Crippen molar-refractivity contribution in [2.75, 3.05) is 17.5 Å². The highest BCUT2D eigenvalue weighted by Gasteiger charge is 2.10. The Kier molecular flexibility index (Phi) is 2.67. The average molecular weight is 226 g/mol. The number of rotatable bonds is 2. The zero-order chi connectivity index (χ0) is 10.9. The topological polar surface area (TPSA) is 58.2 Å². The molecule has 0 saturated carbocycles. The molecule has 0 aliphatic carbocycles. The fourth-order valence-corrected chi connectivity index (χ4v) is 2.31. The number of hydrogen-bond donors (Lipinski definition) is 2. The number of nitrogens with one attached hydrogen (secondary N) is 2. The molecule has 1 heterocycles. The molecule has 1 aliphatic heterocycles. The molecule has 2 N–H and O–H groups in total. The van der Waals surface area contributed by atoms with Crippen molar-refractivity contribution in [1.82, 2.24) is 5.32 Å². The Morgan fingerprint density at radius 2 is 2.13 bits per heavy atom. The van der Waals surface area contributed by atoms with Gasteiger partial charge in [-0.3, -0.25) is 4.72 Å². The van der Waals surface area contributed by atoms with Gasteiger partial charge in [0, 0.05) is 12.2 Å². The second-order valence-electron chi connectivity index (χ2n) is 3.78. The third kappa shape index (κ3) is 2.70. The first-order chi connectivity index (χ1) is 7.04. The van der Waals surface area contributed by atoms with Crippen LogP contribution in [0.2, 0.25) is 0 Å². The summed E-state index contributed by atoms with van der Waals surface area (Å²) in [7, 11) is -3.17. The van der Waals surface area contributed by atoms with Crippen molar-refractivity contribution >= 4 is 15.7 Å². The van der Waals surface area contributed by atoms with Gasteiger partial charge in [-0.25, -0.2) is 8.42 Å². The number of anilines is 1. The lowest BCUT2D eigenvalue weighted by atomic mass is 10.0. The monoisotopic (exact) mass is 226 g/mol. The SMILES string of the molecule is CS(=O)(=O)Nc1ccc2c(c1)CCNC2. The smallest absolute Gasteiger partial charge is 0.229 e. The summed E-state index contributed by atoms with van der Waals surface area (Å²) in [5.74, 6) is 0. The predicted octanol–water partition coefficient (Wildman–Crippen LogP) is 0.704. The Labute approximate surface area is 89.7 Å². The van der Waals surface area contributed by atoms with Gasteiger partial charge in [-0.2, -0.15) is 0 Å². The molecule has 15 heavy (non-hydrogen) atoms. The third-order valence-corrected chi connectivity index (χ3v) is 3.00. The molecule has 1 aromatic rings. The molecule has 0 saturated heterocycles. The minimum Gasteiger partial charge on any atom is -0.312 e. The molecule has 1 aliphatic rings. The molecule has 0 radical (unpaired) electrons. The predicted molar refractivity (Wildman–Crippen MR) is 60.3 cm³/mol. The van der Waals surface area contributed by atoms with E-state index < -0.39 is 10.0 Å². The number of fused-ring (bicyclic) bond motifs is 1. The van der Waals surface area contributed by atoms with E-state index in [4.69, 9.17) is 0 Å². The maximum atomic E-state index is 11.0. The molecule has 0 bridgehead atoms. The van der Waals surface area contributed by atoms with E-state index in [1.165, 1.54) is 11.1 Å². The second-order valence-corrected chi connectivity index (χ2v) is 5.53. The summed E-state index contributed by atoms with van der Waals surface area (Å²) in [5.41, 5.74) is 3.13. The zero-order valence-corrected chi connectivity index (χ0v) is 9.39. The van der Waals surface area contributed by atoms with Crippen molar-refractivity contribution in [2.45, 2.75) is 13.0 Å². The van der Waals surface area contributed by atoms with E-state index in [1.54, 1.807) is 6.07 Å². The fourth-order valence-electron chi connectivity index (χ4n) is 1.75. The molecule has 0 atom stereocenters. The number of sulfonamides is 1. The Balaban J connectivity index is 2.28. The Bertz CT molecular complexity index is 468. The maximum absolute atomic E-state index is 11.0. The largest absolute Gasteiger partial charge is 0.312 e. The molecule has 0 spiro atoms. The van der Waals surface area contributed by atoms with Gasteiger partial charge < -0.3 is 5.32 Å². The minimum atomic E-state index is -3.17. The van der Waals surface area contributed by atoms with Crippen LogP contribution in [0, 0.1) is 0 Å². The number of benzene rings is 1. The van der Waals surface area contributed by atoms with Crippen molar-refractivity contribution in [3.05, 3.63) is 29.3 Å². The second kappa shape index (κ2) is 3.83. The van der Waals surface area contributed by atoms with E-state index in [9.17, 15) is 8.42 Å². The minimum absolute atomic E-state index is 0.651. The van der Waals surface area contributed by atoms with Gasteiger partial charge in [-0.15, -0.1) is 0 Å². The highest BCUT2D eigenvalue weighted by atomic mass is 32.2. The molecule has 2 rings (SSSR count). The van der Waals surface area contributed by atoms with Gasteiger partial charge in [0.15, 0.2) is 0 Å². The quantitative estimate of drug-likeness (QED) is 0.780. The van der Waals surface area contributed by atoms with Gasteiger partial charge >= 0.3 is 0 Å². The van der Waals surface area contributed by atoms with Crippen LogP contribution in [0.4, 0.5) is 5.69 Å². The lowest BCUT2D eigenvalue weighted by molar-refractivity contribution is 0.606. The summed E-state index contributed by atoms with van der Waals surface area (Å²) in [6, 6.07) is 5.68. The van der Waals surface area contributed by atoms with Gasteiger partial charge in [0.1, 0.15) is 0 Å². The molecule has 4 nitrogen and oxygen atoms in total.